The summed E-state index contributed by atoms with van der Waals surface area (Å²) in [4.78, 5) is 32.9. The lowest BCUT2D eigenvalue weighted by Gasteiger charge is -2.19. The molecule has 0 radical (unpaired) electrons. The summed E-state index contributed by atoms with van der Waals surface area (Å²) < 4.78 is 5.26. The first kappa shape index (κ1) is 19.5. The van der Waals surface area contributed by atoms with E-state index in [4.69, 9.17) is 4.74 Å². The number of rotatable bonds is 9. The van der Waals surface area contributed by atoms with Gasteiger partial charge in [-0.2, -0.15) is 0 Å². The van der Waals surface area contributed by atoms with Crippen molar-refractivity contribution in [2.45, 2.75) is 26.3 Å². The number of nitrogens with one attached hydrogen (secondary N) is 2. The van der Waals surface area contributed by atoms with Crippen molar-refractivity contribution in [3.63, 3.8) is 0 Å². The summed E-state index contributed by atoms with van der Waals surface area (Å²) in [6, 6.07) is 6.66. The Morgan fingerprint density at radius 2 is 1.96 bits per heavy atom. The van der Waals surface area contributed by atoms with Gasteiger partial charge in [-0.15, -0.1) is 0 Å². The Kier molecular flexibility index (Phi) is 7.70. The summed E-state index contributed by atoms with van der Waals surface area (Å²) in [5, 5.41) is 5.58. The number of hydrogen-bond acceptors (Lipinski definition) is 5. The van der Waals surface area contributed by atoms with Crippen molar-refractivity contribution in [1.29, 1.82) is 0 Å². The first-order valence-corrected chi connectivity index (χ1v) is 8.60. The molecule has 0 saturated heterocycles. The van der Waals surface area contributed by atoms with E-state index in [0.29, 0.717) is 31.7 Å². The van der Waals surface area contributed by atoms with E-state index in [2.05, 4.69) is 20.6 Å². The minimum atomic E-state index is -0.808. The number of carbonyl (C=O) groups is 2. The van der Waals surface area contributed by atoms with Crippen LogP contribution < -0.4 is 10.6 Å². The molecular formula is C19H24N4O3. The molecule has 0 spiro atoms. The molecule has 138 valence electrons. The Hall–Kier alpha value is -2.80. The first-order chi connectivity index (χ1) is 12.6. The molecule has 1 aromatic heterocycles. The van der Waals surface area contributed by atoms with E-state index in [1.165, 1.54) is 18.6 Å². The van der Waals surface area contributed by atoms with Crippen LogP contribution in [-0.4, -0.2) is 41.5 Å². The topological polar surface area (TPSA) is 93.2 Å². The highest BCUT2D eigenvalue weighted by atomic mass is 16.5. The first-order valence-electron chi connectivity index (χ1n) is 8.60. The highest BCUT2D eigenvalue weighted by molar-refractivity contribution is 5.96. The van der Waals surface area contributed by atoms with Crippen molar-refractivity contribution in [2.75, 3.05) is 19.8 Å². The second-order valence-electron chi connectivity index (χ2n) is 5.75. The number of ether oxygens (including phenoxy) is 1. The lowest BCUT2D eigenvalue weighted by Crippen LogP contribution is -2.41. The van der Waals surface area contributed by atoms with Crippen molar-refractivity contribution in [3.8, 4) is 0 Å². The Labute approximate surface area is 153 Å². The van der Waals surface area contributed by atoms with E-state index in [1.54, 1.807) is 0 Å². The summed E-state index contributed by atoms with van der Waals surface area (Å²) in [5.74, 6) is -0.726. The molecule has 26 heavy (non-hydrogen) atoms. The molecule has 2 N–H and O–H groups in total. The molecule has 0 aliphatic heterocycles. The van der Waals surface area contributed by atoms with Crippen molar-refractivity contribution in [1.82, 2.24) is 20.6 Å². The van der Waals surface area contributed by atoms with Gasteiger partial charge in [-0.1, -0.05) is 29.8 Å². The molecule has 1 heterocycles. The predicted molar refractivity (Wildman–Crippen MR) is 97.5 cm³/mol. The quantitative estimate of drug-likeness (QED) is 0.668. The SMILES string of the molecule is CCOCCCNC(=O)[C@@H](NC(=O)c1cnccn1)c1ccc(C)cc1. The van der Waals surface area contributed by atoms with Gasteiger partial charge >= 0.3 is 0 Å². The van der Waals surface area contributed by atoms with E-state index < -0.39 is 11.9 Å². The van der Waals surface area contributed by atoms with Crippen LogP contribution >= 0.6 is 0 Å². The predicted octanol–water partition coefficient (Wildman–Crippen LogP) is 1.80. The number of carbonyl (C=O) groups excluding carboxylic acids is 2. The van der Waals surface area contributed by atoms with Gasteiger partial charge in [0.25, 0.3) is 5.91 Å². The van der Waals surface area contributed by atoms with Crippen LogP contribution in [0.5, 0.6) is 0 Å². The minimum Gasteiger partial charge on any atom is -0.382 e. The highest BCUT2D eigenvalue weighted by Gasteiger charge is 2.23. The highest BCUT2D eigenvalue weighted by Crippen LogP contribution is 2.15. The average Bonchev–Trinajstić information content (AvgIpc) is 2.67. The van der Waals surface area contributed by atoms with Gasteiger partial charge in [0.05, 0.1) is 6.20 Å². The largest absolute Gasteiger partial charge is 0.382 e. The fourth-order valence-electron chi connectivity index (χ4n) is 2.31. The summed E-state index contributed by atoms with van der Waals surface area (Å²) >= 11 is 0. The van der Waals surface area contributed by atoms with Gasteiger partial charge in [-0.05, 0) is 25.8 Å². The number of aryl methyl sites for hydroxylation is 1. The third kappa shape index (κ3) is 5.93. The fraction of sp³-hybridized carbons (Fsp3) is 0.368. The smallest absolute Gasteiger partial charge is 0.272 e. The van der Waals surface area contributed by atoms with Crippen LogP contribution in [-0.2, 0) is 9.53 Å². The zero-order chi connectivity index (χ0) is 18.8. The summed E-state index contributed by atoms with van der Waals surface area (Å²) in [6.45, 7) is 5.59. The fourth-order valence-corrected chi connectivity index (χ4v) is 2.31. The molecule has 7 nitrogen and oxygen atoms in total. The molecule has 2 aromatic rings. The summed E-state index contributed by atoms with van der Waals surface area (Å²) in [6.07, 6.45) is 4.99. The normalized spacial score (nSPS) is 11.6. The maximum Gasteiger partial charge on any atom is 0.272 e. The van der Waals surface area contributed by atoms with Crippen LogP contribution in [0.4, 0.5) is 0 Å². The lowest BCUT2D eigenvalue weighted by atomic mass is 10.0. The van der Waals surface area contributed by atoms with Crippen LogP contribution in [0.1, 0.15) is 41.0 Å². The zero-order valence-electron chi connectivity index (χ0n) is 15.1. The molecule has 0 bridgehead atoms. The molecule has 7 heteroatoms. The number of hydrogen-bond donors (Lipinski definition) is 2. The second kappa shape index (κ2) is 10.2. The molecule has 0 aliphatic rings. The van der Waals surface area contributed by atoms with Gasteiger partial charge in [0, 0.05) is 32.2 Å². The summed E-state index contributed by atoms with van der Waals surface area (Å²) in [7, 11) is 0. The number of nitrogens with zero attached hydrogens (tertiary/aromatic N) is 2. The van der Waals surface area contributed by atoms with Crippen LogP contribution in [0.2, 0.25) is 0 Å². The molecule has 0 saturated carbocycles. The van der Waals surface area contributed by atoms with E-state index in [9.17, 15) is 9.59 Å². The van der Waals surface area contributed by atoms with E-state index in [1.807, 2.05) is 38.1 Å². The van der Waals surface area contributed by atoms with Gasteiger partial charge in [0.1, 0.15) is 11.7 Å². The van der Waals surface area contributed by atoms with E-state index in [-0.39, 0.29) is 11.6 Å². The molecule has 1 atom stereocenters. The third-order valence-corrected chi connectivity index (χ3v) is 3.71. The minimum absolute atomic E-state index is 0.161. The molecule has 2 amide bonds. The average molecular weight is 356 g/mol. The summed E-state index contributed by atoms with van der Waals surface area (Å²) in [5.41, 5.74) is 1.94. The molecule has 1 aromatic carbocycles. The Morgan fingerprint density at radius 1 is 1.19 bits per heavy atom. The zero-order valence-corrected chi connectivity index (χ0v) is 15.1. The van der Waals surface area contributed by atoms with Crippen LogP contribution in [0.15, 0.2) is 42.9 Å². The molecule has 0 fully saturated rings. The molecule has 0 aliphatic carbocycles. The molecule has 2 rings (SSSR count). The standard InChI is InChI=1S/C19H24N4O3/c1-3-26-12-4-9-22-19(25)17(15-7-5-14(2)6-8-15)23-18(24)16-13-20-10-11-21-16/h5-8,10-11,13,17H,3-4,9,12H2,1-2H3,(H,22,25)(H,23,24)/t17-/m0/s1. The maximum absolute atomic E-state index is 12.6. The van der Waals surface area contributed by atoms with E-state index >= 15 is 0 Å². The van der Waals surface area contributed by atoms with E-state index in [0.717, 1.165) is 5.56 Å². The van der Waals surface area contributed by atoms with Gasteiger partial charge in [-0.25, -0.2) is 4.98 Å². The Morgan fingerprint density at radius 3 is 2.62 bits per heavy atom. The van der Waals surface area contributed by atoms with Crippen molar-refractivity contribution in [2.24, 2.45) is 0 Å². The monoisotopic (exact) mass is 356 g/mol. The van der Waals surface area contributed by atoms with Crippen LogP contribution in [0.3, 0.4) is 0 Å². The van der Waals surface area contributed by atoms with Crippen LogP contribution in [0.25, 0.3) is 0 Å². The van der Waals surface area contributed by atoms with Gasteiger partial charge in [0.2, 0.25) is 5.91 Å². The lowest BCUT2D eigenvalue weighted by molar-refractivity contribution is -0.123. The second-order valence-corrected chi connectivity index (χ2v) is 5.75. The van der Waals surface area contributed by atoms with Crippen molar-refractivity contribution in [3.05, 3.63) is 59.7 Å². The van der Waals surface area contributed by atoms with Gasteiger partial charge in [-0.3, -0.25) is 14.6 Å². The van der Waals surface area contributed by atoms with Crippen molar-refractivity contribution < 1.29 is 14.3 Å². The van der Waals surface area contributed by atoms with Crippen LogP contribution in [0, 0.1) is 6.92 Å². The number of amides is 2. The Bertz CT molecular complexity index is 704. The number of benzene rings is 1. The third-order valence-electron chi connectivity index (χ3n) is 3.71. The number of aromatic nitrogens is 2. The van der Waals surface area contributed by atoms with Gasteiger partial charge < -0.3 is 15.4 Å². The van der Waals surface area contributed by atoms with Gasteiger partial charge in [0.15, 0.2) is 0 Å². The molecular weight excluding hydrogens is 332 g/mol. The van der Waals surface area contributed by atoms with Crippen molar-refractivity contribution >= 4 is 11.8 Å². The maximum atomic E-state index is 12.6. The Balaban J connectivity index is 2.07. The molecule has 0 unspecified atom stereocenters.